The smallest absolute Gasteiger partial charge is 0.230 e. The van der Waals surface area contributed by atoms with Gasteiger partial charge in [0.1, 0.15) is 16.6 Å². The zero-order valence-corrected chi connectivity index (χ0v) is 17.1. The van der Waals surface area contributed by atoms with E-state index in [0.717, 1.165) is 34.0 Å². The van der Waals surface area contributed by atoms with E-state index in [9.17, 15) is 9.18 Å². The van der Waals surface area contributed by atoms with Crippen LogP contribution in [0, 0.1) is 5.82 Å². The summed E-state index contributed by atoms with van der Waals surface area (Å²) in [6.45, 7) is 0.575. The predicted molar refractivity (Wildman–Crippen MR) is 113 cm³/mol. The molecule has 28 heavy (non-hydrogen) atoms. The molecule has 0 aliphatic carbocycles. The van der Waals surface area contributed by atoms with Crippen LogP contribution >= 0.6 is 23.1 Å². The van der Waals surface area contributed by atoms with Gasteiger partial charge in [-0.05, 0) is 42.3 Å². The molecule has 1 heterocycles. The van der Waals surface area contributed by atoms with Crippen LogP contribution < -0.4 is 10.1 Å². The molecule has 0 saturated heterocycles. The Labute approximate surface area is 172 Å². The summed E-state index contributed by atoms with van der Waals surface area (Å²) in [5, 5.41) is 5.77. The molecule has 0 spiro atoms. The number of halogens is 1. The molecule has 4 nitrogen and oxygen atoms in total. The van der Waals surface area contributed by atoms with Gasteiger partial charge in [-0.1, -0.05) is 18.2 Å². The van der Waals surface area contributed by atoms with Crippen LogP contribution in [-0.4, -0.2) is 30.3 Å². The highest BCUT2D eigenvalue weighted by molar-refractivity contribution is 7.99. The number of nitrogens with one attached hydrogen (secondary N) is 1. The molecule has 0 atom stereocenters. The summed E-state index contributed by atoms with van der Waals surface area (Å²) in [6.07, 6.45) is 0.730. The standard InChI is InChI=1S/C21H21FN2O2S2/c1-26-19-5-3-2-4-15(19)10-11-23-20(25)14-27-12-18-13-28-21(24-18)16-6-8-17(22)9-7-16/h2-9,13H,10-12,14H2,1H3,(H,23,25). The molecule has 1 amide bonds. The maximum Gasteiger partial charge on any atom is 0.230 e. The van der Waals surface area contributed by atoms with Crippen molar-refractivity contribution in [1.29, 1.82) is 0 Å². The van der Waals surface area contributed by atoms with Crippen molar-refractivity contribution < 1.29 is 13.9 Å². The Morgan fingerprint density at radius 1 is 1.21 bits per heavy atom. The zero-order chi connectivity index (χ0) is 19.8. The van der Waals surface area contributed by atoms with Crippen molar-refractivity contribution >= 4 is 29.0 Å². The third-order valence-electron chi connectivity index (χ3n) is 4.04. The van der Waals surface area contributed by atoms with Crippen molar-refractivity contribution in [1.82, 2.24) is 10.3 Å². The van der Waals surface area contributed by atoms with Gasteiger partial charge in [0.15, 0.2) is 0 Å². The van der Waals surface area contributed by atoms with Gasteiger partial charge in [0, 0.05) is 23.2 Å². The first-order valence-electron chi connectivity index (χ1n) is 8.82. The largest absolute Gasteiger partial charge is 0.496 e. The number of carbonyl (C=O) groups is 1. The van der Waals surface area contributed by atoms with Gasteiger partial charge in [-0.15, -0.1) is 23.1 Å². The van der Waals surface area contributed by atoms with Crippen molar-refractivity contribution in [3.63, 3.8) is 0 Å². The van der Waals surface area contributed by atoms with Crippen LogP contribution in [-0.2, 0) is 17.0 Å². The van der Waals surface area contributed by atoms with E-state index in [0.29, 0.717) is 18.1 Å². The number of para-hydroxylation sites is 1. The van der Waals surface area contributed by atoms with E-state index < -0.39 is 0 Å². The highest BCUT2D eigenvalue weighted by atomic mass is 32.2. The van der Waals surface area contributed by atoms with Crippen LogP contribution in [0.25, 0.3) is 10.6 Å². The van der Waals surface area contributed by atoms with Gasteiger partial charge >= 0.3 is 0 Å². The first kappa shape index (κ1) is 20.4. The quantitative estimate of drug-likeness (QED) is 0.556. The summed E-state index contributed by atoms with van der Waals surface area (Å²) in [7, 11) is 1.65. The maximum absolute atomic E-state index is 13.0. The van der Waals surface area contributed by atoms with Gasteiger partial charge in [-0.25, -0.2) is 9.37 Å². The summed E-state index contributed by atoms with van der Waals surface area (Å²) in [5.74, 6) is 1.64. The molecule has 146 valence electrons. The maximum atomic E-state index is 13.0. The zero-order valence-electron chi connectivity index (χ0n) is 15.5. The highest BCUT2D eigenvalue weighted by Gasteiger charge is 2.08. The fraction of sp³-hybridized carbons (Fsp3) is 0.238. The van der Waals surface area contributed by atoms with E-state index in [1.807, 2.05) is 29.6 Å². The number of nitrogens with zero attached hydrogens (tertiary/aromatic N) is 1. The van der Waals surface area contributed by atoms with E-state index in [1.54, 1.807) is 19.2 Å². The van der Waals surface area contributed by atoms with E-state index in [-0.39, 0.29) is 11.7 Å². The molecule has 7 heteroatoms. The Hall–Kier alpha value is -2.38. The lowest BCUT2D eigenvalue weighted by Gasteiger charge is -2.09. The molecule has 0 radical (unpaired) electrons. The average molecular weight is 417 g/mol. The van der Waals surface area contributed by atoms with E-state index in [1.165, 1.54) is 35.2 Å². The van der Waals surface area contributed by atoms with Gasteiger partial charge < -0.3 is 10.1 Å². The summed E-state index contributed by atoms with van der Waals surface area (Å²) >= 11 is 3.05. The van der Waals surface area contributed by atoms with Gasteiger partial charge in [0.05, 0.1) is 18.6 Å². The molecule has 0 aliphatic rings. The van der Waals surface area contributed by atoms with Crippen LogP contribution in [0.15, 0.2) is 53.9 Å². The Morgan fingerprint density at radius 2 is 2.00 bits per heavy atom. The van der Waals surface area contributed by atoms with Crippen LogP contribution in [0.4, 0.5) is 4.39 Å². The SMILES string of the molecule is COc1ccccc1CCNC(=O)CSCc1csc(-c2ccc(F)cc2)n1. The minimum absolute atomic E-state index is 0.00823. The second kappa shape index (κ2) is 10.2. The number of aromatic nitrogens is 1. The van der Waals surface area contributed by atoms with Crippen molar-refractivity contribution in [3.05, 3.63) is 71.0 Å². The number of benzene rings is 2. The number of hydrogen-bond acceptors (Lipinski definition) is 5. The van der Waals surface area contributed by atoms with Crippen molar-refractivity contribution in [2.75, 3.05) is 19.4 Å². The highest BCUT2D eigenvalue weighted by Crippen LogP contribution is 2.25. The van der Waals surface area contributed by atoms with Crippen LogP contribution in [0.1, 0.15) is 11.3 Å². The second-order valence-corrected chi connectivity index (χ2v) is 7.90. The average Bonchev–Trinajstić information content (AvgIpc) is 3.18. The van der Waals surface area contributed by atoms with Crippen molar-refractivity contribution in [2.45, 2.75) is 12.2 Å². The Bertz CT molecular complexity index is 913. The van der Waals surface area contributed by atoms with Crippen LogP contribution in [0.3, 0.4) is 0 Å². The van der Waals surface area contributed by atoms with Gasteiger partial charge in [-0.3, -0.25) is 4.79 Å². The van der Waals surface area contributed by atoms with Crippen LogP contribution in [0.5, 0.6) is 5.75 Å². The monoisotopic (exact) mass is 416 g/mol. The topological polar surface area (TPSA) is 51.2 Å². The number of rotatable bonds is 9. The minimum atomic E-state index is -0.257. The van der Waals surface area contributed by atoms with Crippen LogP contribution in [0.2, 0.25) is 0 Å². The lowest BCUT2D eigenvalue weighted by Crippen LogP contribution is -2.27. The fourth-order valence-electron chi connectivity index (χ4n) is 2.64. The molecular formula is C21H21FN2O2S2. The number of thiazole rings is 1. The molecule has 0 saturated carbocycles. The van der Waals surface area contributed by atoms with Gasteiger partial charge in [0.25, 0.3) is 0 Å². The number of ether oxygens (including phenoxy) is 1. The minimum Gasteiger partial charge on any atom is -0.496 e. The second-order valence-electron chi connectivity index (χ2n) is 6.06. The lowest BCUT2D eigenvalue weighted by molar-refractivity contribution is -0.118. The first-order chi connectivity index (χ1) is 13.7. The van der Waals surface area contributed by atoms with Crippen molar-refractivity contribution in [2.24, 2.45) is 0 Å². The molecule has 1 N–H and O–H groups in total. The molecular weight excluding hydrogens is 395 g/mol. The summed E-state index contributed by atoms with van der Waals surface area (Å²) < 4.78 is 18.3. The molecule has 0 unspecified atom stereocenters. The molecule has 0 bridgehead atoms. The van der Waals surface area contributed by atoms with E-state index >= 15 is 0 Å². The lowest BCUT2D eigenvalue weighted by atomic mass is 10.1. The number of methoxy groups -OCH3 is 1. The Morgan fingerprint density at radius 3 is 2.79 bits per heavy atom. The molecule has 3 rings (SSSR count). The number of carbonyl (C=O) groups excluding carboxylic acids is 1. The third kappa shape index (κ3) is 5.81. The molecule has 3 aromatic rings. The number of amides is 1. The number of hydrogen-bond donors (Lipinski definition) is 1. The van der Waals surface area contributed by atoms with Gasteiger partial charge in [0.2, 0.25) is 5.91 Å². The summed E-state index contributed by atoms with van der Waals surface area (Å²) in [5.41, 5.74) is 2.90. The third-order valence-corrected chi connectivity index (χ3v) is 5.94. The van der Waals surface area contributed by atoms with Gasteiger partial charge in [-0.2, -0.15) is 0 Å². The van der Waals surface area contributed by atoms with E-state index in [2.05, 4.69) is 10.3 Å². The Balaban J connectivity index is 1.39. The Kier molecular flexibility index (Phi) is 7.45. The first-order valence-corrected chi connectivity index (χ1v) is 10.9. The normalized spacial score (nSPS) is 10.6. The predicted octanol–water partition coefficient (Wildman–Crippen LogP) is 4.55. The molecule has 1 aromatic heterocycles. The van der Waals surface area contributed by atoms with E-state index in [4.69, 9.17) is 4.74 Å². The fourth-order valence-corrected chi connectivity index (χ4v) is 4.32. The number of thioether (sulfide) groups is 1. The molecule has 0 fully saturated rings. The molecule has 2 aromatic carbocycles. The van der Waals surface area contributed by atoms with Crippen molar-refractivity contribution in [3.8, 4) is 16.3 Å². The summed E-state index contributed by atoms with van der Waals surface area (Å²) in [4.78, 5) is 16.6. The summed E-state index contributed by atoms with van der Waals surface area (Å²) in [6, 6.07) is 14.1. The molecule has 0 aliphatic heterocycles.